The lowest BCUT2D eigenvalue weighted by Crippen LogP contribution is -2.21. The first-order valence-electron chi connectivity index (χ1n) is 7.79. The zero-order valence-electron chi connectivity index (χ0n) is 13.6. The van der Waals surface area contributed by atoms with Crippen LogP contribution in [-0.2, 0) is 4.79 Å². The second kappa shape index (κ2) is 8.13. The van der Waals surface area contributed by atoms with Crippen LogP contribution >= 0.6 is 23.1 Å². The van der Waals surface area contributed by atoms with Crippen molar-refractivity contribution in [3.8, 4) is 5.75 Å². The van der Waals surface area contributed by atoms with Gasteiger partial charge in [0.05, 0.1) is 21.7 Å². The number of para-hydroxylation sites is 1. The Labute approximate surface area is 153 Å². The number of phenols is 1. The highest BCUT2D eigenvalue weighted by atomic mass is 32.2. The Bertz CT molecular complexity index is 871. The van der Waals surface area contributed by atoms with Crippen molar-refractivity contribution in [3.05, 3.63) is 54.1 Å². The van der Waals surface area contributed by atoms with Crippen LogP contribution in [0.15, 0.2) is 58.0 Å². The minimum Gasteiger partial charge on any atom is -0.508 e. The van der Waals surface area contributed by atoms with Crippen LogP contribution in [-0.4, -0.2) is 27.5 Å². The van der Waals surface area contributed by atoms with Crippen molar-refractivity contribution in [1.29, 1.82) is 0 Å². The summed E-state index contributed by atoms with van der Waals surface area (Å²) in [5, 5.41) is 13.5. The van der Waals surface area contributed by atoms with Crippen LogP contribution in [0, 0.1) is 0 Å². The Morgan fingerprint density at radius 1 is 1.24 bits per heavy atom. The lowest BCUT2D eigenvalue weighted by Gasteiger charge is -2.05. The van der Waals surface area contributed by atoms with E-state index in [2.05, 4.69) is 15.5 Å². The van der Waals surface area contributed by atoms with Crippen molar-refractivity contribution in [2.75, 3.05) is 5.75 Å². The van der Waals surface area contributed by atoms with E-state index >= 15 is 0 Å². The lowest BCUT2D eigenvalue weighted by molar-refractivity contribution is -0.118. The monoisotopic (exact) mass is 371 g/mol. The molecule has 25 heavy (non-hydrogen) atoms. The zero-order chi connectivity index (χ0) is 17.6. The summed E-state index contributed by atoms with van der Waals surface area (Å²) in [6.45, 7) is 1.97. The number of aromatic nitrogens is 1. The number of thioether (sulfide) groups is 1. The van der Waals surface area contributed by atoms with Gasteiger partial charge in [0.25, 0.3) is 5.91 Å². The number of hydrogen-bond donors (Lipinski definition) is 2. The second-order valence-corrected chi connectivity index (χ2v) is 7.48. The SMILES string of the molecule is CC/C(=N/NC(=O)CSc1nc2ccccc2s1)c1ccc(O)cc1. The molecule has 0 aliphatic carbocycles. The average Bonchev–Trinajstić information content (AvgIpc) is 3.05. The molecule has 0 atom stereocenters. The summed E-state index contributed by atoms with van der Waals surface area (Å²) < 4.78 is 1.98. The van der Waals surface area contributed by atoms with Crippen LogP contribution in [0.3, 0.4) is 0 Å². The van der Waals surface area contributed by atoms with E-state index in [-0.39, 0.29) is 17.4 Å². The molecular weight excluding hydrogens is 354 g/mol. The van der Waals surface area contributed by atoms with E-state index in [1.54, 1.807) is 35.6 Å². The molecule has 1 amide bonds. The van der Waals surface area contributed by atoms with Gasteiger partial charge in [-0.25, -0.2) is 10.4 Å². The molecule has 0 spiro atoms. The van der Waals surface area contributed by atoms with Crippen molar-refractivity contribution in [1.82, 2.24) is 10.4 Å². The van der Waals surface area contributed by atoms with Gasteiger partial charge in [0.2, 0.25) is 0 Å². The van der Waals surface area contributed by atoms with Crippen molar-refractivity contribution >= 4 is 44.9 Å². The fraction of sp³-hybridized carbons (Fsp3) is 0.167. The molecule has 0 unspecified atom stereocenters. The molecule has 0 bridgehead atoms. The van der Waals surface area contributed by atoms with Crippen molar-refractivity contribution in [3.63, 3.8) is 0 Å². The number of nitrogens with zero attached hydrogens (tertiary/aromatic N) is 2. The molecule has 0 radical (unpaired) electrons. The standard InChI is InChI=1S/C18H17N3O2S2/c1-2-14(12-7-9-13(22)10-8-12)20-21-17(23)11-24-18-19-15-5-3-4-6-16(15)25-18/h3-10,22H,2,11H2,1H3,(H,21,23)/b20-14-. The molecule has 3 aromatic rings. The molecule has 0 fully saturated rings. The van der Waals surface area contributed by atoms with Gasteiger partial charge in [0.1, 0.15) is 5.75 Å². The third-order valence-corrected chi connectivity index (χ3v) is 5.63. The molecular formula is C18H17N3O2S2. The Morgan fingerprint density at radius 3 is 2.72 bits per heavy atom. The number of nitrogens with one attached hydrogen (secondary N) is 1. The largest absolute Gasteiger partial charge is 0.508 e. The smallest absolute Gasteiger partial charge is 0.250 e. The maximum Gasteiger partial charge on any atom is 0.250 e. The minimum absolute atomic E-state index is 0.172. The van der Waals surface area contributed by atoms with Gasteiger partial charge in [0.15, 0.2) is 4.34 Å². The predicted octanol–water partition coefficient (Wildman–Crippen LogP) is 4.02. The number of aromatic hydroxyl groups is 1. The Morgan fingerprint density at radius 2 is 2.00 bits per heavy atom. The van der Waals surface area contributed by atoms with Gasteiger partial charge < -0.3 is 5.11 Å². The lowest BCUT2D eigenvalue weighted by atomic mass is 10.1. The number of rotatable bonds is 6. The van der Waals surface area contributed by atoms with E-state index in [4.69, 9.17) is 0 Å². The van der Waals surface area contributed by atoms with E-state index in [1.807, 2.05) is 31.2 Å². The van der Waals surface area contributed by atoms with Crippen LogP contribution in [0.1, 0.15) is 18.9 Å². The summed E-state index contributed by atoms with van der Waals surface area (Å²) in [5.74, 6) is 0.292. The molecule has 5 nitrogen and oxygen atoms in total. The maximum absolute atomic E-state index is 12.0. The van der Waals surface area contributed by atoms with Gasteiger partial charge >= 0.3 is 0 Å². The van der Waals surface area contributed by atoms with Gasteiger partial charge in [-0.2, -0.15) is 5.10 Å². The van der Waals surface area contributed by atoms with E-state index in [9.17, 15) is 9.90 Å². The summed E-state index contributed by atoms with van der Waals surface area (Å²) in [5.41, 5.74) is 5.18. The molecule has 2 N–H and O–H groups in total. The molecule has 128 valence electrons. The van der Waals surface area contributed by atoms with Gasteiger partial charge in [-0.3, -0.25) is 4.79 Å². The molecule has 0 saturated carbocycles. The summed E-state index contributed by atoms with van der Waals surface area (Å²) in [7, 11) is 0. The molecule has 3 rings (SSSR count). The molecule has 1 heterocycles. The third kappa shape index (κ3) is 4.58. The average molecular weight is 371 g/mol. The summed E-state index contributed by atoms with van der Waals surface area (Å²) in [6.07, 6.45) is 0.677. The van der Waals surface area contributed by atoms with E-state index < -0.39 is 0 Å². The number of amides is 1. The van der Waals surface area contributed by atoms with Crippen molar-refractivity contribution in [2.45, 2.75) is 17.7 Å². The Kier molecular flexibility index (Phi) is 5.67. The molecule has 2 aromatic carbocycles. The summed E-state index contributed by atoms with van der Waals surface area (Å²) >= 11 is 2.98. The first kappa shape index (κ1) is 17.4. The van der Waals surface area contributed by atoms with Crippen LogP contribution in [0.5, 0.6) is 5.75 Å². The predicted molar refractivity (Wildman–Crippen MR) is 103 cm³/mol. The van der Waals surface area contributed by atoms with E-state index in [1.165, 1.54) is 11.8 Å². The normalized spacial score (nSPS) is 11.6. The molecule has 0 saturated heterocycles. The van der Waals surface area contributed by atoms with Crippen LogP contribution in [0.4, 0.5) is 0 Å². The molecule has 1 aromatic heterocycles. The van der Waals surface area contributed by atoms with Gasteiger partial charge in [0, 0.05) is 0 Å². The summed E-state index contributed by atoms with van der Waals surface area (Å²) in [4.78, 5) is 16.5. The Hall–Kier alpha value is -2.38. The second-order valence-electron chi connectivity index (χ2n) is 5.23. The minimum atomic E-state index is -0.172. The number of benzene rings is 2. The van der Waals surface area contributed by atoms with Crippen molar-refractivity contribution in [2.24, 2.45) is 5.10 Å². The fourth-order valence-corrected chi connectivity index (χ4v) is 4.06. The highest BCUT2D eigenvalue weighted by molar-refractivity contribution is 8.01. The molecule has 0 aliphatic rings. The van der Waals surface area contributed by atoms with Gasteiger partial charge in [-0.05, 0) is 48.4 Å². The van der Waals surface area contributed by atoms with Crippen LogP contribution < -0.4 is 5.43 Å². The molecule has 0 aliphatic heterocycles. The van der Waals surface area contributed by atoms with Crippen LogP contribution in [0.25, 0.3) is 10.2 Å². The first-order chi connectivity index (χ1) is 12.2. The fourth-order valence-electron chi connectivity index (χ4n) is 2.20. The van der Waals surface area contributed by atoms with Gasteiger partial charge in [-0.15, -0.1) is 11.3 Å². The first-order valence-corrected chi connectivity index (χ1v) is 9.59. The highest BCUT2D eigenvalue weighted by Gasteiger charge is 2.08. The number of thiazole rings is 1. The number of carbonyl (C=O) groups excluding carboxylic acids is 1. The van der Waals surface area contributed by atoms with Crippen molar-refractivity contribution < 1.29 is 9.90 Å². The Balaban J connectivity index is 1.58. The quantitative estimate of drug-likeness (QED) is 0.390. The summed E-state index contributed by atoms with van der Waals surface area (Å²) in [6, 6.07) is 14.7. The zero-order valence-corrected chi connectivity index (χ0v) is 15.2. The number of hydrogen-bond acceptors (Lipinski definition) is 6. The topological polar surface area (TPSA) is 74.6 Å². The number of carbonyl (C=O) groups is 1. The highest BCUT2D eigenvalue weighted by Crippen LogP contribution is 2.29. The van der Waals surface area contributed by atoms with E-state index in [0.29, 0.717) is 6.42 Å². The van der Waals surface area contributed by atoms with Crippen LogP contribution in [0.2, 0.25) is 0 Å². The number of phenolic OH excluding ortho intramolecular Hbond substituents is 1. The number of hydrazone groups is 1. The third-order valence-electron chi connectivity index (χ3n) is 3.45. The number of fused-ring (bicyclic) bond motifs is 1. The maximum atomic E-state index is 12.0. The van der Waals surface area contributed by atoms with E-state index in [0.717, 1.165) is 25.8 Å². The van der Waals surface area contributed by atoms with Gasteiger partial charge in [-0.1, -0.05) is 30.8 Å². The molecule has 7 heteroatoms.